The van der Waals surface area contributed by atoms with Gasteiger partial charge in [-0.1, -0.05) is 0 Å². The summed E-state index contributed by atoms with van der Waals surface area (Å²) in [6, 6.07) is 1.85. The van der Waals surface area contributed by atoms with E-state index in [0.29, 0.717) is 0 Å². The maximum absolute atomic E-state index is 10.5. The molecule has 60 valence electrons. The van der Waals surface area contributed by atoms with Gasteiger partial charge >= 0.3 is 35.5 Å². The predicted octanol–water partition coefficient (Wildman–Crippen LogP) is -3.10. The SMILES string of the molecule is O=C(O)c1cc(O)[nH]c(=O)c1.[H-].[Na+]. The first-order valence-corrected chi connectivity index (χ1v) is 2.76. The Bertz CT molecular complexity index is 351. The molecule has 3 N–H and O–H groups in total. The zero-order valence-corrected chi connectivity index (χ0v) is 8.37. The third kappa shape index (κ3) is 2.69. The van der Waals surface area contributed by atoms with Gasteiger partial charge < -0.3 is 11.6 Å². The van der Waals surface area contributed by atoms with E-state index in [4.69, 9.17) is 10.2 Å². The number of hydrogen-bond donors (Lipinski definition) is 3. The molecule has 0 saturated carbocycles. The van der Waals surface area contributed by atoms with Crippen LogP contribution in [-0.2, 0) is 0 Å². The maximum Gasteiger partial charge on any atom is 1.00 e. The van der Waals surface area contributed by atoms with Crippen LogP contribution < -0.4 is 35.1 Å². The number of H-pyrrole nitrogens is 1. The monoisotopic (exact) mass is 179 g/mol. The minimum absolute atomic E-state index is 0. The van der Waals surface area contributed by atoms with E-state index in [9.17, 15) is 9.59 Å². The van der Waals surface area contributed by atoms with Crippen LogP contribution in [0.5, 0.6) is 5.88 Å². The van der Waals surface area contributed by atoms with E-state index < -0.39 is 17.4 Å². The standard InChI is InChI=1S/C6H5NO4.Na.H/c8-4-1-3(6(10)11)2-5(9)7-4;;/h1-2H,(H,10,11)(H2,7,8,9);;/q;+1;-1. The molecule has 0 aliphatic carbocycles. The number of carboxylic acid groups (broad SMARTS) is 1. The molecule has 0 aromatic carbocycles. The summed E-state index contributed by atoms with van der Waals surface area (Å²) in [5, 5.41) is 17.1. The smallest absolute Gasteiger partial charge is 1.00 e. The van der Waals surface area contributed by atoms with Gasteiger partial charge in [-0.3, -0.25) is 9.78 Å². The van der Waals surface area contributed by atoms with E-state index in [1.807, 2.05) is 4.98 Å². The number of carbonyl (C=O) groups is 1. The van der Waals surface area contributed by atoms with Gasteiger partial charge in [0.1, 0.15) is 0 Å². The molecule has 0 amide bonds. The molecule has 12 heavy (non-hydrogen) atoms. The summed E-state index contributed by atoms with van der Waals surface area (Å²) in [6.07, 6.45) is 0. The average molecular weight is 179 g/mol. The Morgan fingerprint density at radius 2 is 2.08 bits per heavy atom. The van der Waals surface area contributed by atoms with Crippen LogP contribution in [0.3, 0.4) is 0 Å². The number of pyridine rings is 1. The van der Waals surface area contributed by atoms with Gasteiger partial charge in [-0.25, -0.2) is 4.79 Å². The molecule has 0 radical (unpaired) electrons. The molecule has 0 saturated heterocycles. The number of carboxylic acids is 1. The molecule has 0 atom stereocenters. The quantitative estimate of drug-likeness (QED) is 0.398. The van der Waals surface area contributed by atoms with Crippen LogP contribution in [0, 0.1) is 0 Å². The second-order valence-electron chi connectivity index (χ2n) is 1.92. The summed E-state index contributed by atoms with van der Waals surface area (Å²) in [6.45, 7) is 0. The maximum atomic E-state index is 10.5. The van der Waals surface area contributed by atoms with Crippen molar-refractivity contribution in [2.45, 2.75) is 0 Å². The minimum atomic E-state index is -1.24. The molecule has 0 aliphatic rings. The molecule has 1 aromatic heterocycles. The summed E-state index contributed by atoms with van der Waals surface area (Å²) in [5.41, 5.74) is -0.867. The minimum Gasteiger partial charge on any atom is -1.00 e. The Labute approximate surface area is 90.8 Å². The number of aromatic hydroxyl groups is 1. The number of aromatic carboxylic acids is 1. The second kappa shape index (κ2) is 4.30. The molecular weight excluding hydrogens is 173 g/mol. The molecule has 0 aliphatic heterocycles. The fraction of sp³-hybridized carbons (Fsp3) is 0. The van der Waals surface area contributed by atoms with Crippen molar-refractivity contribution in [1.29, 1.82) is 0 Å². The average Bonchev–Trinajstić information content (AvgIpc) is 1.85. The van der Waals surface area contributed by atoms with Gasteiger partial charge in [-0.05, 0) is 0 Å². The van der Waals surface area contributed by atoms with Gasteiger partial charge in [-0.2, -0.15) is 0 Å². The van der Waals surface area contributed by atoms with Gasteiger partial charge in [0.15, 0.2) is 5.88 Å². The Balaban J connectivity index is 0. The van der Waals surface area contributed by atoms with Crippen LogP contribution in [0.25, 0.3) is 0 Å². The fourth-order valence-corrected chi connectivity index (χ4v) is 0.652. The molecule has 0 fully saturated rings. The van der Waals surface area contributed by atoms with Crippen LogP contribution >= 0.6 is 0 Å². The Morgan fingerprint density at radius 3 is 2.50 bits per heavy atom. The molecule has 5 nitrogen and oxygen atoms in total. The first kappa shape index (κ1) is 11.2. The normalized spacial score (nSPS) is 8.67. The molecule has 1 heterocycles. The van der Waals surface area contributed by atoms with Crippen molar-refractivity contribution >= 4 is 5.97 Å². The number of hydrogen-bond acceptors (Lipinski definition) is 3. The Kier molecular flexibility index (Phi) is 4.02. The largest absolute Gasteiger partial charge is 1.00 e. The van der Waals surface area contributed by atoms with Crippen molar-refractivity contribution in [1.82, 2.24) is 4.98 Å². The third-order valence-corrected chi connectivity index (χ3v) is 1.08. The van der Waals surface area contributed by atoms with Gasteiger partial charge in [0.2, 0.25) is 0 Å². The van der Waals surface area contributed by atoms with E-state index in [0.717, 1.165) is 12.1 Å². The van der Waals surface area contributed by atoms with Crippen LogP contribution in [0.4, 0.5) is 0 Å². The zero-order valence-electron chi connectivity index (χ0n) is 7.37. The van der Waals surface area contributed by atoms with Crippen LogP contribution in [-0.4, -0.2) is 21.2 Å². The number of aromatic amines is 1. The molecule has 1 aromatic rings. The molecule has 0 spiro atoms. The van der Waals surface area contributed by atoms with Gasteiger partial charge in [0.05, 0.1) is 5.56 Å². The zero-order chi connectivity index (χ0) is 8.43. The molecule has 0 bridgehead atoms. The number of aromatic nitrogens is 1. The summed E-state index contributed by atoms with van der Waals surface area (Å²) in [7, 11) is 0. The van der Waals surface area contributed by atoms with E-state index in [1.54, 1.807) is 0 Å². The summed E-state index contributed by atoms with van der Waals surface area (Å²) in [4.78, 5) is 22.8. The first-order valence-electron chi connectivity index (χ1n) is 2.76. The molecule has 6 heteroatoms. The van der Waals surface area contributed by atoms with Crippen molar-refractivity contribution in [2.24, 2.45) is 0 Å². The van der Waals surface area contributed by atoms with Crippen LogP contribution in [0.15, 0.2) is 16.9 Å². The van der Waals surface area contributed by atoms with Crippen LogP contribution in [0.1, 0.15) is 11.8 Å². The van der Waals surface area contributed by atoms with Crippen molar-refractivity contribution in [2.75, 3.05) is 0 Å². The first-order chi connectivity index (χ1) is 5.09. The van der Waals surface area contributed by atoms with Gasteiger partial charge in [-0.15, -0.1) is 0 Å². The van der Waals surface area contributed by atoms with E-state index in [1.165, 1.54) is 0 Å². The number of rotatable bonds is 1. The Morgan fingerprint density at radius 1 is 1.50 bits per heavy atom. The topological polar surface area (TPSA) is 90.4 Å². The fourth-order valence-electron chi connectivity index (χ4n) is 0.652. The Hall–Kier alpha value is -0.780. The van der Waals surface area contributed by atoms with Crippen molar-refractivity contribution < 1.29 is 46.0 Å². The summed E-state index contributed by atoms with van der Waals surface area (Å²) in [5.74, 6) is -1.69. The molecular formula is C6H6NNaO4. The molecule has 0 unspecified atom stereocenters. The predicted molar refractivity (Wildman–Crippen MR) is 36.8 cm³/mol. The summed E-state index contributed by atoms with van der Waals surface area (Å²) >= 11 is 0. The third-order valence-electron chi connectivity index (χ3n) is 1.08. The number of nitrogens with one attached hydrogen (secondary N) is 1. The van der Waals surface area contributed by atoms with Crippen molar-refractivity contribution in [3.63, 3.8) is 0 Å². The van der Waals surface area contributed by atoms with Gasteiger partial charge in [0.25, 0.3) is 5.56 Å². The van der Waals surface area contributed by atoms with Crippen LogP contribution in [0.2, 0.25) is 0 Å². The second-order valence-corrected chi connectivity index (χ2v) is 1.92. The van der Waals surface area contributed by atoms with Gasteiger partial charge in [0, 0.05) is 12.1 Å². The summed E-state index contributed by atoms with van der Waals surface area (Å²) < 4.78 is 0. The molecule has 1 rings (SSSR count). The van der Waals surface area contributed by atoms with E-state index >= 15 is 0 Å². The van der Waals surface area contributed by atoms with Crippen molar-refractivity contribution in [3.8, 4) is 5.88 Å². The van der Waals surface area contributed by atoms with E-state index in [-0.39, 0.29) is 36.5 Å². The van der Waals surface area contributed by atoms with Crippen molar-refractivity contribution in [3.05, 3.63) is 28.0 Å². The van der Waals surface area contributed by atoms with E-state index in [2.05, 4.69) is 0 Å².